The number of hydrogen-bond donors (Lipinski definition) is 7. The number of primary amides is 1. The highest BCUT2D eigenvalue weighted by Crippen LogP contribution is 2.31. The van der Waals surface area contributed by atoms with E-state index in [1.165, 1.54) is 31.0 Å². The van der Waals surface area contributed by atoms with E-state index in [0.717, 1.165) is 9.80 Å². The zero-order valence-corrected chi connectivity index (χ0v) is 39.6. The lowest BCUT2D eigenvalue weighted by molar-refractivity contribution is -0.168. The maximum absolute atomic E-state index is 14.9. The lowest BCUT2D eigenvalue weighted by atomic mass is 9.91. The fourth-order valence-corrected chi connectivity index (χ4v) is 8.91. The van der Waals surface area contributed by atoms with E-state index < -0.39 is 126 Å². The van der Waals surface area contributed by atoms with Crippen molar-refractivity contribution in [3.63, 3.8) is 0 Å². The third-order valence-electron chi connectivity index (χ3n) is 13.1. The number of likely N-dealkylation sites (N-methyl/N-ethyl adjacent to an activating group) is 1. The predicted molar refractivity (Wildman–Crippen MR) is 239 cm³/mol. The number of piperidine rings is 1. The molecule has 3 heterocycles. The number of rotatable bonds is 13. The van der Waals surface area contributed by atoms with Gasteiger partial charge in [0.2, 0.25) is 47.3 Å². The molecule has 0 aliphatic carbocycles. The van der Waals surface area contributed by atoms with Gasteiger partial charge in [0, 0.05) is 39.3 Å². The third kappa shape index (κ3) is 12.8. The number of nitrogens with zero attached hydrogens (tertiary/aromatic N) is 3. The molecule has 0 saturated carbocycles. The maximum Gasteiger partial charge on any atom is 0.329 e. The largest absolute Gasteiger partial charge is 0.508 e. The van der Waals surface area contributed by atoms with Crippen LogP contribution < -0.4 is 27.0 Å². The number of benzene rings is 1. The summed E-state index contributed by atoms with van der Waals surface area (Å²) in [6, 6.07) is -3.48. The van der Waals surface area contributed by atoms with E-state index >= 15 is 0 Å². The van der Waals surface area contributed by atoms with Crippen LogP contribution in [0.2, 0.25) is 0 Å². The molecule has 3 saturated heterocycles. The molecule has 6 unspecified atom stereocenters. The highest BCUT2D eigenvalue weighted by atomic mass is 16.5. The summed E-state index contributed by atoms with van der Waals surface area (Å²) in [4.78, 5) is 130. The number of nitrogens with one attached hydrogen (secondary N) is 4. The summed E-state index contributed by atoms with van der Waals surface area (Å²) in [5, 5.41) is 32.3. The van der Waals surface area contributed by atoms with Gasteiger partial charge in [-0.3, -0.25) is 38.4 Å². The molecule has 3 aliphatic rings. The second-order valence-electron chi connectivity index (χ2n) is 18.7. The number of fused-ring (bicyclic) bond motifs is 3. The molecule has 66 heavy (non-hydrogen) atoms. The second kappa shape index (κ2) is 23.1. The number of amides is 8. The van der Waals surface area contributed by atoms with E-state index in [1.54, 1.807) is 46.8 Å². The molecule has 2 bridgehead atoms. The number of aliphatic hydroxyl groups excluding tert-OH is 1. The Morgan fingerprint density at radius 2 is 1.53 bits per heavy atom. The van der Waals surface area contributed by atoms with Crippen molar-refractivity contribution in [2.45, 2.75) is 161 Å². The average Bonchev–Trinajstić information content (AvgIpc) is 3.58. The van der Waals surface area contributed by atoms with Crippen molar-refractivity contribution < 1.29 is 58.1 Å². The van der Waals surface area contributed by atoms with E-state index in [-0.39, 0.29) is 56.7 Å². The summed E-state index contributed by atoms with van der Waals surface area (Å²) in [6.07, 6.45) is -2.68. The average molecular weight is 927 g/mol. The molecule has 8 amide bonds. The first-order chi connectivity index (χ1) is 31.0. The standard InChI is InChI=1S/C46H70N8O12/c1-10-24(5)36-46(65)66-39-26(7)22-53(43(62)30(48-27(8)55)16-18-34(47)57)38(39)42(61)50-32(20-23(3)4)40(59)49-31-17-19-35(58)54(44(31)63)37(25(6)11-2)45(64)52(9)33(41(60)51-36)21-28-12-14-29(56)15-13-28/h12-15,23-26,30-33,35-39,56,58H,10-11,16-22H2,1-9H3,(H2,47,57)(H,48,55)(H,49,59)(H,50,61)(H,51,60)/t24-,25-,26?,30-,31?,32?,33-,35?,36-,37+,38?,39?/m0/s1. The molecule has 0 radical (unpaired) electrons. The van der Waals surface area contributed by atoms with Crippen molar-refractivity contribution in [3.8, 4) is 5.75 Å². The summed E-state index contributed by atoms with van der Waals surface area (Å²) >= 11 is 0. The minimum Gasteiger partial charge on any atom is -0.508 e. The van der Waals surface area contributed by atoms with Gasteiger partial charge in [-0.15, -0.1) is 0 Å². The van der Waals surface area contributed by atoms with E-state index in [2.05, 4.69) is 21.3 Å². The summed E-state index contributed by atoms with van der Waals surface area (Å²) in [5.74, 6) is -9.06. The van der Waals surface area contributed by atoms with Crippen LogP contribution in [0.3, 0.4) is 0 Å². The number of carbonyl (C=O) groups is 9. The number of esters is 1. The van der Waals surface area contributed by atoms with Crippen molar-refractivity contribution in [3.05, 3.63) is 29.8 Å². The highest BCUT2D eigenvalue weighted by Gasteiger charge is 2.52. The molecule has 1 aromatic rings. The predicted octanol–water partition coefficient (Wildman–Crippen LogP) is 0.206. The summed E-state index contributed by atoms with van der Waals surface area (Å²) in [7, 11) is 1.39. The summed E-state index contributed by atoms with van der Waals surface area (Å²) in [5.41, 5.74) is 5.93. The Morgan fingerprint density at radius 3 is 2.11 bits per heavy atom. The van der Waals surface area contributed by atoms with Crippen LogP contribution >= 0.6 is 0 Å². The number of nitrogens with two attached hydrogens (primary N) is 1. The van der Waals surface area contributed by atoms with Crippen LogP contribution in [0.5, 0.6) is 5.75 Å². The van der Waals surface area contributed by atoms with Gasteiger partial charge in [-0.2, -0.15) is 0 Å². The van der Waals surface area contributed by atoms with Gasteiger partial charge in [0.25, 0.3) is 0 Å². The number of phenolic OH excluding ortho intramolecular Hbond substituents is 1. The minimum atomic E-state index is -1.59. The van der Waals surface area contributed by atoms with Gasteiger partial charge in [-0.25, -0.2) is 4.79 Å². The number of aliphatic hydroxyl groups is 1. The molecule has 20 nitrogen and oxygen atoms in total. The number of hydrogen-bond acceptors (Lipinski definition) is 12. The molecule has 4 rings (SSSR count). The summed E-state index contributed by atoms with van der Waals surface area (Å²) < 4.78 is 6.19. The molecule has 8 N–H and O–H groups in total. The Bertz CT molecular complexity index is 1960. The van der Waals surface area contributed by atoms with Crippen LogP contribution in [0.15, 0.2) is 24.3 Å². The van der Waals surface area contributed by atoms with E-state index in [0.29, 0.717) is 18.4 Å². The summed E-state index contributed by atoms with van der Waals surface area (Å²) in [6.45, 7) is 13.3. The first kappa shape index (κ1) is 52.8. The van der Waals surface area contributed by atoms with Crippen LogP contribution in [-0.2, 0) is 54.3 Å². The first-order valence-corrected chi connectivity index (χ1v) is 23.0. The molecule has 20 heteroatoms. The number of aromatic hydroxyl groups is 1. The topological polar surface area (TPSA) is 287 Å². The van der Waals surface area contributed by atoms with Crippen LogP contribution in [-0.4, -0.2) is 146 Å². The van der Waals surface area contributed by atoms with Gasteiger partial charge in [0.05, 0.1) is 0 Å². The van der Waals surface area contributed by atoms with Crippen molar-refractivity contribution in [2.75, 3.05) is 13.6 Å². The highest BCUT2D eigenvalue weighted by molar-refractivity contribution is 5.98. The minimum absolute atomic E-state index is 0.0129. The molecular weight excluding hydrogens is 857 g/mol. The monoisotopic (exact) mass is 927 g/mol. The van der Waals surface area contributed by atoms with Gasteiger partial charge in [-0.1, -0.05) is 73.4 Å². The Kier molecular flexibility index (Phi) is 18.5. The molecule has 1 aromatic carbocycles. The van der Waals surface area contributed by atoms with Crippen molar-refractivity contribution in [1.29, 1.82) is 0 Å². The second-order valence-corrected chi connectivity index (χ2v) is 18.7. The van der Waals surface area contributed by atoms with Crippen LogP contribution in [0.4, 0.5) is 0 Å². The quantitative estimate of drug-likeness (QED) is 0.131. The Morgan fingerprint density at radius 1 is 0.894 bits per heavy atom. The third-order valence-corrected chi connectivity index (χ3v) is 13.1. The van der Waals surface area contributed by atoms with Crippen molar-refractivity contribution >= 4 is 53.2 Å². The fraction of sp³-hybridized carbons (Fsp3) is 0.674. The molecular formula is C46H70N8O12. The number of carbonyl (C=O) groups excluding carboxylic acids is 9. The molecule has 3 aliphatic heterocycles. The number of likely N-dealkylation sites (tertiary alicyclic amines) is 1. The normalized spacial score (nSPS) is 28.4. The van der Waals surface area contributed by atoms with Crippen molar-refractivity contribution in [2.24, 2.45) is 29.4 Å². The SMILES string of the molecule is CC[C@H](C)[C@@H]1NC(=O)[C@H](Cc2ccc(O)cc2)N(C)C(=O)[C@@H]([C@@H](C)CC)N2C(=O)C(CCC2O)NC(=O)C(CC(C)C)NC(=O)C2C(OC1=O)C(C)CN2C(=O)[C@H](CCC(N)=O)NC(C)=O. The van der Waals surface area contributed by atoms with E-state index in [9.17, 15) is 53.4 Å². The van der Waals surface area contributed by atoms with Crippen LogP contribution in [0, 0.1) is 23.7 Å². The Labute approximate surface area is 386 Å². The molecule has 12 atom stereocenters. The van der Waals surface area contributed by atoms with Gasteiger partial charge in [0.15, 0.2) is 0 Å². The molecule has 0 spiro atoms. The van der Waals surface area contributed by atoms with Gasteiger partial charge >= 0.3 is 5.97 Å². The smallest absolute Gasteiger partial charge is 0.329 e. The zero-order chi connectivity index (χ0) is 49.3. The first-order valence-electron chi connectivity index (χ1n) is 23.0. The lowest BCUT2D eigenvalue weighted by Gasteiger charge is -2.44. The number of phenols is 1. The number of ether oxygens (including phenoxy) is 1. The Hall–Kier alpha value is -5.79. The molecule has 0 aromatic heterocycles. The van der Waals surface area contributed by atoms with Gasteiger partial charge < -0.3 is 56.7 Å². The van der Waals surface area contributed by atoms with Crippen LogP contribution in [0.25, 0.3) is 0 Å². The molecule has 366 valence electrons. The maximum atomic E-state index is 14.9. The van der Waals surface area contributed by atoms with E-state index in [4.69, 9.17) is 10.5 Å². The van der Waals surface area contributed by atoms with Crippen LogP contribution in [0.1, 0.15) is 106 Å². The Balaban J connectivity index is 1.93. The van der Waals surface area contributed by atoms with E-state index in [1.807, 2.05) is 13.8 Å². The molecule has 3 fully saturated rings. The van der Waals surface area contributed by atoms with Gasteiger partial charge in [-0.05, 0) is 61.1 Å². The van der Waals surface area contributed by atoms with Crippen molar-refractivity contribution in [1.82, 2.24) is 36.0 Å². The fourth-order valence-electron chi connectivity index (χ4n) is 8.91. The zero-order valence-electron chi connectivity index (χ0n) is 39.6. The van der Waals surface area contributed by atoms with Gasteiger partial charge in [0.1, 0.15) is 60.4 Å². The lowest BCUT2D eigenvalue weighted by Crippen LogP contribution is -2.66.